The Hall–Kier alpha value is -2.08. The monoisotopic (exact) mass is 418 g/mol. The molecule has 1 amide bonds. The molecule has 2 N–H and O–H groups in total. The highest BCUT2D eigenvalue weighted by atomic mass is 16.6. The highest BCUT2D eigenvalue weighted by Crippen LogP contribution is 2.33. The van der Waals surface area contributed by atoms with Gasteiger partial charge in [0.1, 0.15) is 19.5 Å². The van der Waals surface area contributed by atoms with Gasteiger partial charge in [0.2, 0.25) is 5.91 Å². The first-order chi connectivity index (χ1) is 14.7. The highest BCUT2D eigenvalue weighted by molar-refractivity contribution is 5.77. The summed E-state index contributed by atoms with van der Waals surface area (Å²) in [5.41, 5.74) is 0.833. The highest BCUT2D eigenvalue weighted by Gasteiger charge is 2.26. The van der Waals surface area contributed by atoms with Crippen molar-refractivity contribution in [2.45, 2.75) is 77.2 Å². The van der Waals surface area contributed by atoms with Gasteiger partial charge in [-0.2, -0.15) is 0 Å². The summed E-state index contributed by atoms with van der Waals surface area (Å²) in [6, 6.07) is 5.30. The number of ether oxygens (including phenoxy) is 2. The summed E-state index contributed by atoms with van der Waals surface area (Å²) in [6.45, 7) is 6.77. The molecule has 2 atom stereocenters. The van der Waals surface area contributed by atoms with Crippen molar-refractivity contribution >= 4 is 12.2 Å². The summed E-state index contributed by atoms with van der Waals surface area (Å²) in [5, 5.41) is 6.50. The number of amides is 1. The number of fused-ring (bicyclic) bond motifs is 1. The average molecular weight is 419 g/mol. The van der Waals surface area contributed by atoms with E-state index in [0.29, 0.717) is 37.7 Å². The average Bonchev–Trinajstić information content (AvgIpc) is 2.76. The zero-order chi connectivity index (χ0) is 21.6. The van der Waals surface area contributed by atoms with Crippen molar-refractivity contribution in [2.75, 3.05) is 26.3 Å². The first-order valence-corrected chi connectivity index (χ1v) is 11.5. The Labute approximate surface area is 181 Å². The molecule has 1 aliphatic rings. The molecule has 168 valence electrons. The molecule has 1 aromatic rings. The maximum atomic E-state index is 12.6. The predicted molar refractivity (Wildman–Crippen MR) is 119 cm³/mol. The Kier molecular flexibility index (Phi) is 11.3. The van der Waals surface area contributed by atoms with E-state index in [9.17, 15) is 9.59 Å². The molecule has 2 rings (SSSR count). The SMILES string of the molecule is CCCCCCCC(=O)NC(CNCCCC)C(C=O)c1ccc2c(c1)OCCO2. The van der Waals surface area contributed by atoms with Crippen LogP contribution in [0.2, 0.25) is 0 Å². The van der Waals surface area contributed by atoms with E-state index in [1.807, 2.05) is 18.2 Å². The number of hydrogen-bond acceptors (Lipinski definition) is 5. The maximum Gasteiger partial charge on any atom is 0.220 e. The fraction of sp³-hybridized carbons (Fsp3) is 0.667. The Balaban J connectivity index is 2.03. The quantitative estimate of drug-likeness (QED) is 0.333. The van der Waals surface area contributed by atoms with Crippen molar-refractivity contribution in [3.05, 3.63) is 23.8 Å². The molecule has 0 saturated heterocycles. The van der Waals surface area contributed by atoms with Crippen molar-refractivity contribution in [1.29, 1.82) is 0 Å². The maximum absolute atomic E-state index is 12.6. The lowest BCUT2D eigenvalue weighted by atomic mass is 9.91. The minimum Gasteiger partial charge on any atom is -0.486 e. The number of rotatable bonds is 15. The first-order valence-electron chi connectivity index (χ1n) is 11.5. The van der Waals surface area contributed by atoms with Gasteiger partial charge in [0.05, 0.1) is 12.0 Å². The van der Waals surface area contributed by atoms with Gasteiger partial charge in [0.25, 0.3) is 0 Å². The summed E-state index contributed by atoms with van der Waals surface area (Å²) in [5.74, 6) is 0.922. The Morgan fingerprint density at radius 3 is 2.50 bits per heavy atom. The molecular formula is C24H38N2O4. The van der Waals surface area contributed by atoms with Crippen molar-refractivity contribution in [2.24, 2.45) is 0 Å². The summed E-state index contributed by atoms with van der Waals surface area (Å²) in [4.78, 5) is 24.6. The van der Waals surface area contributed by atoms with Crippen molar-refractivity contribution < 1.29 is 19.1 Å². The number of nitrogens with one attached hydrogen (secondary N) is 2. The van der Waals surface area contributed by atoms with E-state index in [0.717, 1.165) is 44.1 Å². The number of carbonyl (C=O) groups excluding carboxylic acids is 2. The van der Waals surface area contributed by atoms with Gasteiger partial charge in [-0.05, 0) is 37.1 Å². The molecule has 0 fully saturated rings. The van der Waals surface area contributed by atoms with Crippen molar-refractivity contribution in [1.82, 2.24) is 10.6 Å². The zero-order valence-electron chi connectivity index (χ0n) is 18.6. The largest absolute Gasteiger partial charge is 0.486 e. The smallest absolute Gasteiger partial charge is 0.220 e. The first kappa shape index (κ1) is 24.2. The number of hydrogen-bond donors (Lipinski definition) is 2. The summed E-state index contributed by atoms with van der Waals surface area (Å²) in [7, 11) is 0. The van der Waals surface area contributed by atoms with Gasteiger partial charge in [-0.25, -0.2) is 0 Å². The normalized spacial score (nSPS) is 14.7. The number of benzene rings is 1. The van der Waals surface area contributed by atoms with E-state index in [1.54, 1.807) is 0 Å². The molecule has 6 heteroatoms. The molecule has 0 aliphatic carbocycles. The lowest BCUT2D eigenvalue weighted by molar-refractivity contribution is -0.122. The third kappa shape index (κ3) is 7.98. The van der Waals surface area contributed by atoms with Crippen molar-refractivity contribution in [3.63, 3.8) is 0 Å². The number of carbonyl (C=O) groups is 2. The molecule has 1 aliphatic heterocycles. The number of aldehydes is 1. The van der Waals surface area contributed by atoms with Gasteiger partial charge in [-0.15, -0.1) is 0 Å². The van der Waals surface area contributed by atoms with Gasteiger partial charge in [0, 0.05) is 13.0 Å². The van der Waals surface area contributed by atoms with Crippen LogP contribution in [0, 0.1) is 0 Å². The summed E-state index contributed by atoms with van der Waals surface area (Å²) >= 11 is 0. The van der Waals surface area contributed by atoms with Crippen LogP contribution in [-0.2, 0) is 9.59 Å². The van der Waals surface area contributed by atoms with E-state index in [-0.39, 0.29) is 11.9 Å². The summed E-state index contributed by atoms with van der Waals surface area (Å²) < 4.78 is 11.3. The minimum absolute atomic E-state index is 0.0122. The molecule has 0 saturated carbocycles. The molecule has 0 aromatic heterocycles. The third-order valence-corrected chi connectivity index (χ3v) is 5.46. The van der Waals surface area contributed by atoms with Crippen LogP contribution in [-0.4, -0.2) is 44.5 Å². The molecule has 0 radical (unpaired) electrons. The second-order valence-corrected chi connectivity index (χ2v) is 7.96. The molecular weight excluding hydrogens is 380 g/mol. The molecule has 1 aromatic carbocycles. The molecule has 6 nitrogen and oxygen atoms in total. The van der Waals surface area contributed by atoms with E-state index in [1.165, 1.54) is 19.3 Å². The second kappa shape index (κ2) is 14.0. The van der Waals surface area contributed by atoms with Gasteiger partial charge in [-0.1, -0.05) is 52.0 Å². The summed E-state index contributed by atoms with van der Waals surface area (Å²) in [6.07, 6.45) is 9.12. The van der Waals surface area contributed by atoms with Crippen LogP contribution in [0.5, 0.6) is 11.5 Å². The van der Waals surface area contributed by atoms with Crippen LogP contribution >= 0.6 is 0 Å². The third-order valence-electron chi connectivity index (χ3n) is 5.46. The minimum atomic E-state index is -0.445. The molecule has 2 unspecified atom stereocenters. The van der Waals surface area contributed by atoms with E-state index in [2.05, 4.69) is 24.5 Å². The van der Waals surface area contributed by atoms with E-state index < -0.39 is 5.92 Å². The zero-order valence-corrected chi connectivity index (χ0v) is 18.6. The van der Waals surface area contributed by atoms with Crippen LogP contribution in [0.4, 0.5) is 0 Å². The van der Waals surface area contributed by atoms with Crippen LogP contribution in [0.25, 0.3) is 0 Å². The Morgan fingerprint density at radius 2 is 1.77 bits per heavy atom. The van der Waals surface area contributed by atoms with Crippen LogP contribution in [0.3, 0.4) is 0 Å². The topological polar surface area (TPSA) is 76.7 Å². The lowest BCUT2D eigenvalue weighted by Gasteiger charge is -2.26. The molecule has 0 spiro atoms. The van der Waals surface area contributed by atoms with Gasteiger partial charge >= 0.3 is 0 Å². The van der Waals surface area contributed by atoms with Crippen LogP contribution < -0.4 is 20.1 Å². The Morgan fingerprint density at radius 1 is 1.03 bits per heavy atom. The lowest BCUT2D eigenvalue weighted by Crippen LogP contribution is -2.46. The fourth-order valence-corrected chi connectivity index (χ4v) is 3.67. The second-order valence-electron chi connectivity index (χ2n) is 7.96. The van der Waals surface area contributed by atoms with E-state index >= 15 is 0 Å². The molecule has 0 bridgehead atoms. The van der Waals surface area contributed by atoms with Crippen LogP contribution in [0.1, 0.15) is 76.7 Å². The molecule has 30 heavy (non-hydrogen) atoms. The Bertz CT molecular complexity index is 650. The van der Waals surface area contributed by atoms with Gasteiger partial charge in [-0.3, -0.25) is 4.79 Å². The molecule has 1 heterocycles. The van der Waals surface area contributed by atoms with Crippen molar-refractivity contribution in [3.8, 4) is 11.5 Å². The van der Waals surface area contributed by atoms with E-state index in [4.69, 9.17) is 9.47 Å². The van der Waals surface area contributed by atoms with Gasteiger partial charge in [0.15, 0.2) is 11.5 Å². The van der Waals surface area contributed by atoms with Crippen LogP contribution in [0.15, 0.2) is 18.2 Å². The standard InChI is InChI=1S/C24H38N2O4/c1-3-5-7-8-9-10-24(28)26-21(17-25-13-6-4-2)20(18-27)19-11-12-22-23(16-19)30-15-14-29-22/h11-12,16,18,20-21,25H,3-10,13-15,17H2,1-2H3,(H,26,28). The number of unbranched alkanes of at least 4 members (excludes halogenated alkanes) is 5. The van der Waals surface area contributed by atoms with Gasteiger partial charge < -0.3 is 24.9 Å². The fourth-order valence-electron chi connectivity index (χ4n) is 3.67. The predicted octanol–water partition coefficient (Wildman–Crippen LogP) is 3.98.